The molecule has 2 aromatic carbocycles. The predicted octanol–water partition coefficient (Wildman–Crippen LogP) is 2.88. The maximum absolute atomic E-state index is 12.7. The summed E-state index contributed by atoms with van der Waals surface area (Å²) < 4.78 is 15.8. The Hall–Kier alpha value is -4.08. The summed E-state index contributed by atoms with van der Waals surface area (Å²) >= 11 is 0. The first-order valence-electron chi connectivity index (χ1n) is 10.6. The van der Waals surface area contributed by atoms with Crippen LogP contribution < -0.4 is 24.8 Å². The summed E-state index contributed by atoms with van der Waals surface area (Å²) in [6.45, 7) is 3.53. The van der Waals surface area contributed by atoms with Gasteiger partial charge in [-0.3, -0.25) is 14.4 Å². The highest BCUT2D eigenvalue weighted by molar-refractivity contribution is 6.43. The van der Waals surface area contributed by atoms with Crippen LogP contribution in [0.15, 0.2) is 35.4 Å². The molecule has 2 N–H and O–H groups in total. The monoisotopic (exact) mass is 468 g/mol. The molecule has 3 rings (SSSR count). The highest BCUT2D eigenvalue weighted by Crippen LogP contribution is 2.39. The van der Waals surface area contributed by atoms with E-state index in [1.165, 1.54) is 21.3 Å². The van der Waals surface area contributed by atoms with Gasteiger partial charge in [-0.05, 0) is 37.1 Å². The molecule has 0 atom stereocenters. The minimum Gasteiger partial charge on any atom is -0.493 e. The average Bonchev–Trinajstić information content (AvgIpc) is 2.78. The summed E-state index contributed by atoms with van der Waals surface area (Å²) in [4.78, 5) is 37.7. The van der Waals surface area contributed by atoms with E-state index in [0.717, 1.165) is 16.1 Å². The molecule has 10 heteroatoms. The summed E-state index contributed by atoms with van der Waals surface area (Å²) in [6.07, 6.45) is 0.275. The lowest BCUT2D eigenvalue weighted by atomic mass is 10.1. The topological polar surface area (TPSA) is 119 Å². The third kappa shape index (κ3) is 5.83. The van der Waals surface area contributed by atoms with Crippen molar-refractivity contribution in [2.75, 3.05) is 38.5 Å². The molecule has 0 unspecified atom stereocenters. The van der Waals surface area contributed by atoms with Gasteiger partial charge in [-0.2, -0.15) is 5.10 Å². The Balaban J connectivity index is 1.71. The average molecular weight is 469 g/mol. The molecular formula is C24H28N4O6. The Morgan fingerprint density at radius 3 is 2.03 bits per heavy atom. The molecule has 2 aromatic rings. The van der Waals surface area contributed by atoms with Gasteiger partial charge < -0.3 is 24.8 Å². The first-order valence-corrected chi connectivity index (χ1v) is 10.6. The Labute approximate surface area is 197 Å². The standard InChI is InChI=1S/C24H28N4O6/c1-14-8-15(2)10-16(9-14)26-24(31)18-6-7-22(30)28(27-18)13-21(29)25-17-11-19(32-3)23(34-5)20(12-17)33-4/h8-12H,6-7,13H2,1-5H3,(H,25,29)(H,26,31). The van der Waals surface area contributed by atoms with Crippen LogP contribution in [0, 0.1) is 13.8 Å². The molecule has 0 aromatic heterocycles. The van der Waals surface area contributed by atoms with E-state index in [9.17, 15) is 14.4 Å². The number of nitrogens with zero attached hydrogens (tertiary/aromatic N) is 2. The van der Waals surface area contributed by atoms with Gasteiger partial charge in [-0.25, -0.2) is 5.01 Å². The number of carbonyl (C=O) groups is 3. The normalized spacial score (nSPS) is 13.1. The zero-order chi connectivity index (χ0) is 24.8. The smallest absolute Gasteiger partial charge is 0.271 e. The molecule has 0 saturated heterocycles. The summed E-state index contributed by atoms with van der Waals surface area (Å²) in [6, 6.07) is 8.84. The number of hydrogen-bond acceptors (Lipinski definition) is 7. The minimum atomic E-state index is -0.498. The molecule has 0 fully saturated rings. The molecule has 0 bridgehead atoms. The van der Waals surface area contributed by atoms with Crippen LogP contribution >= 0.6 is 0 Å². The van der Waals surface area contributed by atoms with E-state index in [2.05, 4.69) is 15.7 Å². The zero-order valence-electron chi connectivity index (χ0n) is 19.9. The maximum atomic E-state index is 12.7. The largest absolute Gasteiger partial charge is 0.493 e. The molecule has 34 heavy (non-hydrogen) atoms. The number of methoxy groups -OCH3 is 3. The van der Waals surface area contributed by atoms with Crippen molar-refractivity contribution in [2.24, 2.45) is 5.10 Å². The number of carbonyl (C=O) groups excluding carboxylic acids is 3. The SMILES string of the molecule is COc1cc(NC(=O)CN2N=C(C(=O)Nc3cc(C)cc(C)c3)CCC2=O)cc(OC)c1OC. The van der Waals surface area contributed by atoms with E-state index >= 15 is 0 Å². The molecule has 1 aliphatic rings. The third-order valence-corrected chi connectivity index (χ3v) is 5.09. The van der Waals surface area contributed by atoms with Crippen LogP contribution in [0.5, 0.6) is 17.2 Å². The zero-order valence-corrected chi connectivity index (χ0v) is 19.9. The number of benzene rings is 2. The van der Waals surface area contributed by atoms with E-state index in [1.807, 2.05) is 32.0 Å². The lowest BCUT2D eigenvalue weighted by molar-refractivity contribution is -0.135. The number of hydrogen-bond donors (Lipinski definition) is 2. The quantitative estimate of drug-likeness (QED) is 0.615. The van der Waals surface area contributed by atoms with E-state index in [0.29, 0.717) is 28.6 Å². The lowest BCUT2D eigenvalue weighted by Gasteiger charge is -2.23. The number of ether oxygens (including phenoxy) is 3. The van der Waals surface area contributed by atoms with Gasteiger partial charge >= 0.3 is 0 Å². The van der Waals surface area contributed by atoms with Crippen molar-refractivity contribution < 1.29 is 28.6 Å². The van der Waals surface area contributed by atoms with Gasteiger partial charge in [0.2, 0.25) is 17.6 Å². The van der Waals surface area contributed by atoms with Crippen molar-refractivity contribution in [3.8, 4) is 17.2 Å². The predicted molar refractivity (Wildman–Crippen MR) is 128 cm³/mol. The van der Waals surface area contributed by atoms with Gasteiger partial charge in [-0.15, -0.1) is 0 Å². The second-order valence-electron chi connectivity index (χ2n) is 7.79. The molecular weight excluding hydrogens is 440 g/mol. The molecule has 0 spiro atoms. The van der Waals surface area contributed by atoms with Gasteiger partial charge in [0.05, 0.1) is 21.3 Å². The van der Waals surface area contributed by atoms with Crippen molar-refractivity contribution in [1.29, 1.82) is 0 Å². The van der Waals surface area contributed by atoms with E-state index in [4.69, 9.17) is 14.2 Å². The second kappa shape index (κ2) is 10.7. The number of rotatable bonds is 8. The second-order valence-corrected chi connectivity index (χ2v) is 7.79. The van der Waals surface area contributed by atoms with Crippen molar-refractivity contribution in [3.05, 3.63) is 41.5 Å². The highest BCUT2D eigenvalue weighted by atomic mass is 16.5. The van der Waals surface area contributed by atoms with Crippen molar-refractivity contribution in [1.82, 2.24) is 5.01 Å². The molecule has 1 aliphatic heterocycles. The van der Waals surface area contributed by atoms with Crippen LogP contribution in [0.2, 0.25) is 0 Å². The van der Waals surface area contributed by atoms with Crippen LogP contribution in [0.25, 0.3) is 0 Å². The third-order valence-electron chi connectivity index (χ3n) is 5.09. The molecule has 3 amide bonds. The first-order chi connectivity index (χ1) is 16.2. The van der Waals surface area contributed by atoms with Gasteiger partial charge in [0.15, 0.2) is 11.5 Å². The van der Waals surface area contributed by atoms with Gasteiger partial charge in [-0.1, -0.05) is 6.07 Å². The van der Waals surface area contributed by atoms with Gasteiger partial charge in [0, 0.05) is 36.3 Å². The van der Waals surface area contributed by atoms with Crippen LogP contribution in [-0.4, -0.2) is 56.3 Å². The van der Waals surface area contributed by atoms with Crippen molar-refractivity contribution in [2.45, 2.75) is 26.7 Å². The Morgan fingerprint density at radius 1 is 0.882 bits per heavy atom. The van der Waals surface area contributed by atoms with Crippen LogP contribution in [0.4, 0.5) is 11.4 Å². The van der Waals surface area contributed by atoms with Gasteiger partial charge in [0.1, 0.15) is 12.3 Å². The molecule has 0 aliphatic carbocycles. The number of aryl methyl sites for hydroxylation is 2. The van der Waals surface area contributed by atoms with Crippen LogP contribution in [0.1, 0.15) is 24.0 Å². The number of nitrogens with one attached hydrogen (secondary N) is 2. The van der Waals surface area contributed by atoms with E-state index in [1.54, 1.807) is 12.1 Å². The fourth-order valence-corrected chi connectivity index (χ4v) is 3.63. The molecule has 0 saturated carbocycles. The van der Waals surface area contributed by atoms with Crippen LogP contribution in [-0.2, 0) is 14.4 Å². The Kier molecular flexibility index (Phi) is 7.72. The summed E-state index contributed by atoms with van der Waals surface area (Å²) in [5.41, 5.74) is 3.25. The molecule has 10 nitrogen and oxygen atoms in total. The van der Waals surface area contributed by atoms with Crippen molar-refractivity contribution >= 4 is 34.8 Å². The maximum Gasteiger partial charge on any atom is 0.271 e. The minimum absolute atomic E-state index is 0.0799. The lowest BCUT2D eigenvalue weighted by Crippen LogP contribution is -2.40. The summed E-state index contributed by atoms with van der Waals surface area (Å²) in [5.74, 6) is -0.125. The van der Waals surface area contributed by atoms with Crippen molar-refractivity contribution in [3.63, 3.8) is 0 Å². The number of hydrazone groups is 1. The van der Waals surface area contributed by atoms with E-state index in [-0.39, 0.29) is 31.0 Å². The van der Waals surface area contributed by atoms with E-state index < -0.39 is 11.8 Å². The summed E-state index contributed by atoms with van der Waals surface area (Å²) in [5, 5.41) is 10.6. The number of amides is 3. The highest BCUT2D eigenvalue weighted by Gasteiger charge is 2.26. The molecule has 180 valence electrons. The molecule has 0 radical (unpaired) electrons. The fourth-order valence-electron chi connectivity index (χ4n) is 3.63. The van der Waals surface area contributed by atoms with Crippen LogP contribution in [0.3, 0.4) is 0 Å². The Bertz CT molecular complexity index is 1100. The van der Waals surface area contributed by atoms with Gasteiger partial charge in [0.25, 0.3) is 5.91 Å². The molecule has 1 heterocycles. The first kappa shape index (κ1) is 24.6. The fraction of sp³-hybridized carbons (Fsp3) is 0.333. The Morgan fingerprint density at radius 2 is 1.47 bits per heavy atom. The number of anilines is 2. The summed E-state index contributed by atoms with van der Waals surface area (Å²) in [7, 11) is 4.41.